The maximum atomic E-state index is 13.4. The van der Waals surface area contributed by atoms with E-state index in [-0.39, 0.29) is 41.3 Å². The zero-order valence-electron chi connectivity index (χ0n) is 22.2. The Morgan fingerprint density at radius 3 is 2.17 bits per heavy atom. The van der Waals surface area contributed by atoms with E-state index in [1.165, 1.54) is 17.0 Å². The normalized spacial score (nSPS) is 14.4. The van der Waals surface area contributed by atoms with Gasteiger partial charge >= 0.3 is 0 Å². The second kappa shape index (κ2) is 12.3. The van der Waals surface area contributed by atoms with Crippen molar-refractivity contribution in [3.63, 3.8) is 0 Å². The Bertz CT molecular complexity index is 1030. The molecule has 36 heavy (non-hydrogen) atoms. The third-order valence-corrected chi connectivity index (χ3v) is 6.39. The van der Waals surface area contributed by atoms with Crippen LogP contribution in [-0.4, -0.2) is 53.5 Å². The summed E-state index contributed by atoms with van der Waals surface area (Å²) < 4.78 is 13.2. The molecule has 0 aromatic heterocycles. The molecule has 0 radical (unpaired) electrons. The van der Waals surface area contributed by atoms with Gasteiger partial charge in [-0.1, -0.05) is 58.9 Å². The van der Waals surface area contributed by atoms with Crippen LogP contribution in [0.4, 0.5) is 4.39 Å². The molecule has 198 valence electrons. The molecule has 0 heterocycles. The van der Waals surface area contributed by atoms with Gasteiger partial charge in [0.1, 0.15) is 17.6 Å². The number of primary amides is 1. The van der Waals surface area contributed by atoms with Crippen LogP contribution in [0.1, 0.15) is 51.3 Å². The van der Waals surface area contributed by atoms with E-state index < -0.39 is 18.0 Å². The van der Waals surface area contributed by atoms with Crippen LogP contribution in [0.25, 0.3) is 0 Å². The number of likely N-dealkylation sites (N-methyl/N-ethyl adjacent to an activating group) is 1. The van der Waals surface area contributed by atoms with Crippen molar-refractivity contribution < 1.29 is 19.1 Å². The third kappa shape index (κ3) is 8.03. The maximum absolute atomic E-state index is 13.4. The van der Waals surface area contributed by atoms with Gasteiger partial charge in [-0.3, -0.25) is 9.59 Å². The standard InChI is InChI=1S/C28H41FN4O3/c1-17(2)25(32-16-21(30)13-18-7-10-20(29)11-8-18)27(36)33(6)23(26(31)35)15-19-9-12-24(34)22(14-19)28(3,4)5/h7-12,14,17,21,23,25,32,34H,13,15-16,30H2,1-6H3,(H2,31,35). The number of nitrogens with zero attached hydrogens (tertiary/aromatic N) is 1. The number of carbonyl (C=O) groups excluding carboxylic acids is 2. The van der Waals surface area contributed by atoms with Gasteiger partial charge < -0.3 is 26.8 Å². The molecule has 3 unspecified atom stereocenters. The number of phenols is 1. The van der Waals surface area contributed by atoms with E-state index >= 15 is 0 Å². The average molecular weight is 501 g/mol. The van der Waals surface area contributed by atoms with Crippen molar-refractivity contribution in [2.24, 2.45) is 17.4 Å². The van der Waals surface area contributed by atoms with Gasteiger partial charge in [0, 0.05) is 26.1 Å². The first-order valence-electron chi connectivity index (χ1n) is 12.3. The summed E-state index contributed by atoms with van der Waals surface area (Å²) in [5.41, 5.74) is 14.2. The van der Waals surface area contributed by atoms with Gasteiger partial charge in [-0.25, -0.2) is 4.39 Å². The highest BCUT2D eigenvalue weighted by Gasteiger charge is 2.32. The Hall–Kier alpha value is -2.97. The third-order valence-electron chi connectivity index (χ3n) is 6.39. The predicted octanol–water partition coefficient (Wildman–Crippen LogP) is 2.87. The number of nitrogens with one attached hydrogen (secondary N) is 1. The molecule has 0 saturated carbocycles. The molecular weight excluding hydrogens is 459 g/mol. The van der Waals surface area contributed by atoms with Gasteiger partial charge in [0.05, 0.1) is 6.04 Å². The molecule has 0 aliphatic carbocycles. The fourth-order valence-corrected chi connectivity index (χ4v) is 4.22. The summed E-state index contributed by atoms with van der Waals surface area (Å²) in [6, 6.07) is 9.68. The first-order valence-corrected chi connectivity index (χ1v) is 12.3. The molecule has 0 aliphatic heterocycles. The molecule has 6 N–H and O–H groups in total. The average Bonchev–Trinajstić information content (AvgIpc) is 2.78. The molecule has 2 amide bonds. The highest BCUT2D eigenvalue weighted by molar-refractivity contribution is 5.89. The van der Waals surface area contributed by atoms with Crippen LogP contribution in [0.2, 0.25) is 0 Å². The van der Waals surface area contributed by atoms with Crippen LogP contribution in [0.15, 0.2) is 42.5 Å². The summed E-state index contributed by atoms with van der Waals surface area (Å²) >= 11 is 0. The van der Waals surface area contributed by atoms with Gasteiger partial charge in [0.2, 0.25) is 11.8 Å². The molecule has 0 bridgehead atoms. The lowest BCUT2D eigenvalue weighted by Gasteiger charge is -2.32. The topological polar surface area (TPSA) is 122 Å². The van der Waals surface area contributed by atoms with Crippen LogP contribution >= 0.6 is 0 Å². The lowest BCUT2D eigenvalue weighted by atomic mass is 9.84. The predicted molar refractivity (Wildman–Crippen MR) is 141 cm³/mol. The van der Waals surface area contributed by atoms with Crippen molar-refractivity contribution in [3.8, 4) is 5.75 Å². The summed E-state index contributed by atoms with van der Waals surface area (Å²) in [4.78, 5) is 27.2. The fourth-order valence-electron chi connectivity index (χ4n) is 4.22. The van der Waals surface area contributed by atoms with E-state index in [0.717, 1.165) is 16.7 Å². The highest BCUT2D eigenvalue weighted by atomic mass is 19.1. The van der Waals surface area contributed by atoms with E-state index in [4.69, 9.17) is 11.5 Å². The zero-order chi connectivity index (χ0) is 27.2. The van der Waals surface area contributed by atoms with Gasteiger partial charge in [-0.15, -0.1) is 0 Å². The fraction of sp³-hybridized carbons (Fsp3) is 0.500. The number of hydrogen-bond donors (Lipinski definition) is 4. The summed E-state index contributed by atoms with van der Waals surface area (Å²) in [6.45, 7) is 10.2. The van der Waals surface area contributed by atoms with Gasteiger partial charge in [0.15, 0.2) is 0 Å². The minimum Gasteiger partial charge on any atom is -0.508 e. The highest BCUT2D eigenvalue weighted by Crippen LogP contribution is 2.31. The smallest absolute Gasteiger partial charge is 0.240 e. The van der Waals surface area contributed by atoms with Gasteiger partial charge in [-0.05, 0) is 52.6 Å². The Labute approximate surface area is 214 Å². The number of rotatable bonds is 11. The second-order valence-electron chi connectivity index (χ2n) is 10.9. The molecule has 0 saturated heterocycles. The molecule has 2 rings (SSSR count). The van der Waals surface area contributed by atoms with Crippen molar-refractivity contribution in [2.75, 3.05) is 13.6 Å². The van der Waals surface area contributed by atoms with E-state index in [9.17, 15) is 19.1 Å². The number of amides is 2. The van der Waals surface area contributed by atoms with Crippen molar-refractivity contribution in [3.05, 3.63) is 65.0 Å². The van der Waals surface area contributed by atoms with Crippen LogP contribution in [0.5, 0.6) is 5.75 Å². The summed E-state index contributed by atoms with van der Waals surface area (Å²) in [5, 5.41) is 13.5. The second-order valence-corrected chi connectivity index (χ2v) is 10.9. The van der Waals surface area contributed by atoms with Crippen molar-refractivity contribution >= 4 is 11.8 Å². The van der Waals surface area contributed by atoms with Crippen LogP contribution in [0.3, 0.4) is 0 Å². The maximum Gasteiger partial charge on any atom is 0.240 e. The minimum absolute atomic E-state index is 0.0623. The number of aromatic hydroxyl groups is 1. The zero-order valence-corrected chi connectivity index (χ0v) is 22.2. The number of benzene rings is 2. The number of nitrogens with two attached hydrogens (primary N) is 2. The number of carbonyl (C=O) groups is 2. The van der Waals surface area contributed by atoms with E-state index in [1.807, 2.05) is 40.7 Å². The van der Waals surface area contributed by atoms with Gasteiger partial charge in [0.25, 0.3) is 0 Å². The van der Waals surface area contributed by atoms with Crippen molar-refractivity contribution in [2.45, 2.75) is 71.0 Å². The molecule has 8 heteroatoms. The minimum atomic E-state index is -0.856. The monoisotopic (exact) mass is 500 g/mol. The Kier molecular flexibility index (Phi) is 10.0. The number of phenolic OH excluding ortho intramolecular Hbond substituents is 1. The first kappa shape index (κ1) is 29.3. The largest absolute Gasteiger partial charge is 0.508 e. The van der Waals surface area contributed by atoms with Crippen molar-refractivity contribution in [1.82, 2.24) is 10.2 Å². The first-order chi connectivity index (χ1) is 16.7. The Morgan fingerprint density at radius 1 is 1.06 bits per heavy atom. The van der Waals surface area contributed by atoms with Crippen LogP contribution < -0.4 is 16.8 Å². The summed E-state index contributed by atoms with van der Waals surface area (Å²) in [5.74, 6) is -1.03. The molecule has 7 nitrogen and oxygen atoms in total. The van der Waals surface area contributed by atoms with Crippen LogP contribution in [-0.2, 0) is 27.8 Å². The molecule has 3 atom stereocenters. The molecule has 2 aromatic carbocycles. The van der Waals surface area contributed by atoms with E-state index in [0.29, 0.717) is 13.0 Å². The lowest BCUT2D eigenvalue weighted by Crippen LogP contribution is -2.56. The quantitative estimate of drug-likeness (QED) is 0.378. The van der Waals surface area contributed by atoms with E-state index in [1.54, 1.807) is 31.3 Å². The molecule has 2 aromatic rings. The SMILES string of the molecule is CC(C)C(NCC(N)Cc1ccc(F)cc1)C(=O)N(C)C(Cc1ccc(O)c(C(C)(C)C)c1)C(N)=O. The number of hydrogen-bond acceptors (Lipinski definition) is 5. The summed E-state index contributed by atoms with van der Waals surface area (Å²) in [7, 11) is 1.58. The Morgan fingerprint density at radius 2 is 1.64 bits per heavy atom. The molecule has 0 fully saturated rings. The lowest BCUT2D eigenvalue weighted by molar-refractivity contribution is -0.140. The Balaban J connectivity index is 2.12. The molecular formula is C28H41FN4O3. The summed E-state index contributed by atoms with van der Waals surface area (Å²) in [6.07, 6.45) is 0.763. The number of halogens is 1. The van der Waals surface area contributed by atoms with Gasteiger partial charge in [-0.2, -0.15) is 0 Å². The molecule has 0 spiro atoms. The molecule has 0 aliphatic rings. The van der Waals surface area contributed by atoms with Crippen molar-refractivity contribution in [1.29, 1.82) is 0 Å². The van der Waals surface area contributed by atoms with E-state index in [2.05, 4.69) is 5.32 Å². The van der Waals surface area contributed by atoms with Crippen LogP contribution in [0, 0.1) is 11.7 Å².